The van der Waals surface area contributed by atoms with Crippen LogP contribution in [0.25, 0.3) is 11.0 Å². The molecule has 2 rings (SSSR count). The summed E-state index contributed by atoms with van der Waals surface area (Å²) in [5.41, 5.74) is 1.72. The van der Waals surface area contributed by atoms with Gasteiger partial charge >= 0.3 is 0 Å². The van der Waals surface area contributed by atoms with Gasteiger partial charge in [0, 0.05) is 24.6 Å². The molecule has 2 aromatic heterocycles. The van der Waals surface area contributed by atoms with Gasteiger partial charge in [0.25, 0.3) is 0 Å². The molecule has 0 radical (unpaired) electrons. The van der Waals surface area contributed by atoms with Crippen LogP contribution in [0.1, 0.15) is 5.69 Å². The number of aliphatic hydroxyl groups excluding tert-OH is 1. The fourth-order valence-electron chi connectivity index (χ4n) is 1.23. The van der Waals surface area contributed by atoms with Crippen LogP contribution in [0.2, 0.25) is 0 Å². The van der Waals surface area contributed by atoms with E-state index in [0.717, 1.165) is 16.7 Å². The Labute approximate surface area is 69.3 Å². The van der Waals surface area contributed by atoms with E-state index in [1.165, 1.54) is 6.33 Å². The Morgan fingerprint density at radius 2 is 2.33 bits per heavy atom. The van der Waals surface area contributed by atoms with E-state index >= 15 is 0 Å². The fourth-order valence-corrected chi connectivity index (χ4v) is 1.23. The summed E-state index contributed by atoms with van der Waals surface area (Å²) in [6.07, 6.45) is 3.90. The number of aromatic amines is 1. The van der Waals surface area contributed by atoms with E-state index in [0.29, 0.717) is 6.42 Å². The predicted molar refractivity (Wildman–Crippen MR) is 44.7 cm³/mol. The molecule has 2 aromatic rings. The van der Waals surface area contributed by atoms with Gasteiger partial charge in [0.2, 0.25) is 0 Å². The standard InChI is InChI=1S/C8H9N3O/c12-4-2-7-6-1-3-9-8(6)11-5-10-7/h1,3,5,12H,2,4H2,(H,9,10,11). The smallest absolute Gasteiger partial charge is 0.140 e. The fraction of sp³-hybridized carbons (Fsp3) is 0.250. The van der Waals surface area contributed by atoms with Gasteiger partial charge in [-0.25, -0.2) is 9.97 Å². The third kappa shape index (κ3) is 1.06. The van der Waals surface area contributed by atoms with Crippen molar-refractivity contribution in [1.82, 2.24) is 15.0 Å². The molecule has 0 aliphatic carbocycles. The number of fused-ring (bicyclic) bond motifs is 1. The minimum atomic E-state index is 0.122. The van der Waals surface area contributed by atoms with Crippen molar-refractivity contribution in [3.05, 3.63) is 24.3 Å². The average molecular weight is 163 g/mol. The van der Waals surface area contributed by atoms with Gasteiger partial charge in [0.05, 0.1) is 5.69 Å². The maximum atomic E-state index is 8.75. The zero-order valence-corrected chi connectivity index (χ0v) is 6.49. The van der Waals surface area contributed by atoms with Crippen LogP contribution >= 0.6 is 0 Å². The summed E-state index contributed by atoms with van der Waals surface area (Å²) in [6.45, 7) is 0.122. The van der Waals surface area contributed by atoms with Crippen LogP contribution < -0.4 is 0 Å². The first-order chi connectivity index (χ1) is 5.92. The van der Waals surface area contributed by atoms with Crippen molar-refractivity contribution in [3.63, 3.8) is 0 Å². The molecule has 0 aromatic carbocycles. The van der Waals surface area contributed by atoms with Crippen molar-refractivity contribution in [2.24, 2.45) is 0 Å². The van der Waals surface area contributed by atoms with E-state index in [-0.39, 0.29) is 6.61 Å². The third-order valence-electron chi connectivity index (χ3n) is 1.79. The second-order valence-corrected chi connectivity index (χ2v) is 2.53. The highest BCUT2D eigenvalue weighted by Crippen LogP contribution is 2.12. The molecule has 0 fully saturated rings. The molecule has 4 nitrogen and oxygen atoms in total. The van der Waals surface area contributed by atoms with Crippen LogP contribution in [-0.2, 0) is 6.42 Å². The summed E-state index contributed by atoms with van der Waals surface area (Å²) >= 11 is 0. The lowest BCUT2D eigenvalue weighted by molar-refractivity contribution is 0.298. The zero-order valence-electron chi connectivity index (χ0n) is 6.49. The molecule has 0 atom stereocenters. The molecular formula is C8H9N3O. The third-order valence-corrected chi connectivity index (χ3v) is 1.79. The molecule has 0 spiro atoms. The van der Waals surface area contributed by atoms with Gasteiger partial charge in [-0.2, -0.15) is 0 Å². The molecule has 0 saturated carbocycles. The summed E-state index contributed by atoms with van der Waals surface area (Å²) in [4.78, 5) is 11.1. The van der Waals surface area contributed by atoms with Crippen LogP contribution in [0.5, 0.6) is 0 Å². The van der Waals surface area contributed by atoms with Gasteiger partial charge in [-0.05, 0) is 6.07 Å². The predicted octanol–water partition coefficient (Wildman–Crippen LogP) is 0.493. The Bertz CT molecular complexity index is 382. The maximum Gasteiger partial charge on any atom is 0.140 e. The van der Waals surface area contributed by atoms with Crippen molar-refractivity contribution in [1.29, 1.82) is 0 Å². The number of nitrogens with one attached hydrogen (secondary N) is 1. The van der Waals surface area contributed by atoms with Gasteiger partial charge in [0.15, 0.2) is 0 Å². The Hall–Kier alpha value is -1.42. The monoisotopic (exact) mass is 163 g/mol. The van der Waals surface area contributed by atoms with Gasteiger partial charge in [0.1, 0.15) is 12.0 Å². The van der Waals surface area contributed by atoms with Crippen molar-refractivity contribution in [3.8, 4) is 0 Å². The lowest BCUT2D eigenvalue weighted by atomic mass is 10.2. The highest BCUT2D eigenvalue weighted by molar-refractivity contribution is 5.77. The van der Waals surface area contributed by atoms with E-state index in [9.17, 15) is 0 Å². The van der Waals surface area contributed by atoms with Crippen molar-refractivity contribution < 1.29 is 5.11 Å². The molecule has 0 aliphatic rings. The molecule has 4 heteroatoms. The lowest BCUT2D eigenvalue weighted by Gasteiger charge is -1.97. The minimum absolute atomic E-state index is 0.122. The number of nitrogens with zero attached hydrogens (tertiary/aromatic N) is 2. The largest absolute Gasteiger partial charge is 0.396 e. The molecule has 12 heavy (non-hydrogen) atoms. The van der Waals surface area contributed by atoms with Gasteiger partial charge in [-0.3, -0.25) is 0 Å². The first-order valence-electron chi connectivity index (χ1n) is 3.79. The zero-order chi connectivity index (χ0) is 8.39. The van der Waals surface area contributed by atoms with Crippen LogP contribution in [0.4, 0.5) is 0 Å². The molecule has 0 aliphatic heterocycles. The Balaban J connectivity index is 2.57. The summed E-state index contributed by atoms with van der Waals surface area (Å²) in [5, 5.41) is 9.74. The number of hydrogen-bond acceptors (Lipinski definition) is 3. The Morgan fingerprint density at radius 1 is 1.42 bits per heavy atom. The molecule has 0 unspecified atom stereocenters. The average Bonchev–Trinajstić information content (AvgIpc) is 2.53. The van der Waals surface area contributed by atoms with Crippen LogP contribution in [0.15, 0.2) is 18.6 Å². The first-order valence-corrected chi connectivity index (χ1v) is 3.79. The molecule has 0 bridgehead atoms. The van der Waals surface area contributed by atoms with Crippen molar-refractivity contribution >= 4 is 11.0 Å². The second kappa shape index (κ2) is 2.91. The highest BCUT2D eigenvalue weighted by Gasteiger charge is 2.02. The van der Waals surface area contributed by atoms with E-state index in [1.807, 2.05) is 12.3 Å². The number of rotatable bonds is 2. The molecule has 2 N–H and O–H groups in total. The van der Waals surface area contributed by atoms with Crippen LogP contribution in [0.3, 0.4) is 0 Å². The molecule has 62 valence electrons. The van der Waals surface area contributed by atoms with Crippen LogP contribution in [0, 0.1) is 0 Å². The van der Waals surface area contributed by atoms with Gasteiger partial charge in [-0.1, -0.05) is 0 Å². The van der Waals surface area contributed by atoms with E-state index < -0.39 is 0 Å². The quantitative estimate of drug-likeness (QED) is 0.677. The number of hydrogen-bond donors (Lipinski definition) is 2. The number of H-pyrrole nitrogens is 1. The highest BCUT2D eigenvalue weighted by atomic mass is 16.3. The Morgan fingerprint density at radius 3 is 3.17 bits per heavy atom. The topological polar surface area (TPSA) is 61.8 Å². The molecule has 0 saturated heterocycles. The van der Waals surface area contributed by atoms with Gasteiger partial charge in [-0.15, -0.1) is 0 Å². The lowest BCUT2D eigenvalue weighted by Crippen LogP contribution is -1.95. The summed E-state index contributed by atoms with van der Waals surface area (Å²) in [5.74, 6) is 0. The summed E-state index contributed by atoms with van der Waals surface area (Å²) < 4.78 is 0. The molecule has 2 heterocycles. The maximum absolute atomic E-state index is 8.75. The van der Waals surface area contributed by atoms with Crippen molar-refractivity contribution in [2.45, 2.75) is 6.42 Å². The van der Waals surface area contributed by atoms with E-state index in [2.05, 4.69) is 15.0 Å². The number of aromatic nitrogens is 3. The second-order valence-electron chi connectivity index (χ2n) is 2.53. The molecular weight excluding hydrogens is 154 g/mol. The number of aliphatic hydroxyl groups is 1. The normalized spacial score (nSPS) is 10.8. The molecule has 0 amide bonds. The van der Waals surface area contributed by atoms with Gasteiger partial charge < -0.3 is 10.1 Å². The SMILES string of the molecule is OCCc1ncnc2[nH]ccc12. The minimum Gasteiger partial charge on any atom is -0.396 e. The van der Waals surface area contributed by atoms with E-state index in [4.69, 9.17) is 5.11 Å². The summed E-state index contributed by atoms with van der Waals surface area (Å²) in [7, 11) is 0. The van der Waals surface area contributed by atoms with E-state index in [1.54, 1.807) is 0 Å². The first kappa shape index (κ1) is 7.24. The van der Waals surface area contributed by atoms with Crippen LogP contribution in [-0.4, -0.2) is 26.7 Å². The van der Waals surface area contributed by atoms with Crippen molar-refractivity contribution in [2.75, 3.05) is 6.61 Å². The Kier molecular flexibility index (Phi) is 1.75. The summed E-state index contributed by atoms with van der Waals surface area (Å²) in [6, 6.07) is 1.92.